The third-order valence-corrected chi connectivity index (χ3v) is 2.12. The number of nitrogens with two attached hydrogens (primary N) is 1. The molecule has 3 N–H and O–H groups in total. The van der Waals surface area contributed by atoms with Gasteiger partial charge in [-0.1, -0.05) is 17.7 Å². The molecule has 1 aromatic carbocycles. The predicted molar refractivity (Wildman–Crippen MR) is 58.5 cm³/mol. The lowest BCUT2D eigenvalue weighted by Gasteiger charge is -2.09. The number of hydrogen-bond donors (Lipinski definition) is 2. The summed E-state index contributed by atoms with van der Waals surface area (Å²) in [6, 6.07) is 4.90. The van der Waals surface area contributed by atoms with Crippen molar-refractivity contribution < 1.29 is 4.79 Å². The number of hydrogen-bond acceptors (Lipinski definition) is 2. The van der Waals surface area contributed by atoms with Gasteiger partial charge in [-0.2, -0.15) is 0 Å². The predicted octanol–water partition coefficient (Wildman–Crippen LogP) is 1.93. The van der Waals surface area contributed by atoms with Crippen molar-refractivity contribution in [2.75, 3.05) is 5.32 Å². The number of halogens is 1. The van der Waals surface area contributed by atoms with Gasteiger partial charge in [0.05, 0.1) is 16.8 Å². The number of amides is 1. The minimum atomic E-state index is -0.536. The normalized spacial score (nSPS) is 12.3. The average Bonchev–Trinajstić information content (AvgIpc) is 2.11. The van der Waals surface area contributed by atoms with Gasteiger partial charge in [-0.15, -0.1) is 0 Å². The minimum Gasteiger partial charge on any atom is -0.323 e. The number of benzene rings is 1. The first-order valence-corrected chi connectivity index (χ1v) is 4.71. The molecule has 1 atom stereocenters. The molecule has 0 bridgehead atoms. The molecule has 0 heterocycles. The third kappa shape index (κ3) is 2.72. The average molecular weight is 213 g/mol. The van der Waals surface area contributed by atoms with E-state index >= 15 is 0 Å². The van der Waals surface area contributed by atoms with E-state index in [0.29, 0.717) is 10.7 Å². The summed E-state index contributed by atoms with van der Waals surface area (Å²) in [5, 5.41) is 3.17. The van der Waals surface area contributed by atoms with Gasteiger partial charge >= 0.3 is 0 Å². The van der Waals surface area contributed by atoms with Crippen molar-refractivity contribution in [3.63, 3.8) is 0 Å². The number of carbonyl (C=O) groups excluding carboxylic acids is 1. The van der Waals surface area contributed by atoms with Crippen LogP contribution >= 0.6 is 11.6 Å². The molecule has 0 aromatic heterocycles. The molecule has 1 rings (SSSR count). The molecule has 14 heavy (non-hydrogen) atoms. The van der Waals surface area contributed by atoms with Crippen LogP contribution in [0.2, 0.25) is 5.02 Å². The highest BCUT2D eigenvalue weighted by atomic mass is 35.5. The quantitative estimate of drug-likeness (QED) is 0.787. The second kappa shape index (κ2) is 4.44. The van der Waals surface area contributed by atoms with E-state index in [1.165, 1.54) is 0 Å². The van der Waals surface area contributed by atoms with Crippen LogP contribution in [0.4, 0.5) is 5.69 Å². The summed E-state index contributed by atoms with van der Waals surface area (Å²) in [5.74, 6) is -0.238. The van der Waals surface area contributed by atoms with Gasteiger partial charge in [0, 0.05) is 0 Å². The molecular weight excluding hydrogens is 200 g/mol. The van der Waals surface area contributed by atoms with Crippen molar-refractivity contribution in [3.8, 4) is 0 Å². The molecule has 0 saturated heterocycles. The van der Waals surface area contributed by atoms with Gasteiger partial charge in [-0.05, 0) is 31.5 Å². The van der Waals surface area contributed by atoms with Crippen molar-refractivity contribution in [3.05, 3.63) is 28.8 Å². The number of rotatable bonds is 2. The van der Waals surface area contributed by atoms with Crippen LogP contribution in [0, 0.1) is 6.92 Å². The molecule has 0 saturated carbocycles. The maximum atomic E-state index is 11.3. The monoisotopic (exact) mass is 212 g/mol. The van der Waals surface area contributed by atoms with E-state index < -0.39 is 6.04 Å². The molecule has 0 aliphatic rings. The Bertz CT molecular complexity index is 350. The Kier molecular flexibility index (Phi) is 3.49. The Labute approximate surface area is 88.2 Å². The molecule has 4 heteroatoms. The van der Waals surface area contributed by atoms with E-state index in [1.807, 2.05) is 19.1 Å². The van der Waals surface area contributed by atoms with Gasteiger partial charge in [-0.3, -0.25) is 4.79 Å². The first kappa shape index (κ1) is 11.0. The van der Waals surface area contributed by atoms with Crippen molar-refractivity contribution in [2.45, 2.75) is 19.9 Å². The van der Waals surface area contributed by atoms with E-state index in [4.69, 9.17) is 17.3 Å². The van der Waals surface area contributed by atoms with Gasteiger partial charge in [0.2, 0.25) is 5.91 Å². The van der Waals surface area contributed by atoms with Crippen molar-refractivity contribution in [1.29, 1.82) is 0 Å². The van der Waals surface area contributed by atoms with Crippen LogP contribution in [0.5, 0.6) is 0 Å². The highest BCUT2D eigenvalue weighted by molar-refractivity contribution is 6.33. The maximum absolute atomic E-state index is 11.3. The molecule has 1 aromatic rings. The van der Waals surface area contributed by atoms with Gasteiger partial charge < -0.3 is 11.1 Å². The number of carbonyl (C=O) groups is 1. The van der Waals surface area contributed by atoms with Gasteiger partial charge in [0.1, 0.15) is 0 Å². The summed E-state index contributed by atoms with van der Waals surface area (Å²) >= 11 is 5.89. The molecule has 0 aliphatic carbocycles. The molecule has 3 nitrogen and oxygen atoms in total. The Morgan fingerprint density at radius 3 is 2.79 bits per heavy atom. The fourth-order valence-electron chi connectivity index (χ4n) is 0.981. The Hall–Kier alpha value is -1.06. The highest BCUT2D eigenvalue weighted by Crippen LogP contribution is 2.22. The topological polar surface area (TPSA) is 55.1 Å². The zero-order valence-corrected chi connectivity index (χ0v) is 8.93. The third-order valence-electron chi connectivity index (χ3n) is 1.79. The van der Waals surface area contributed by atoms with Gasteiger partial charge in [-0.25, -0.2) is 0 Å². The Morgan fingerprint density at radius 1 is 1.57 bits per heavy atom. The minimum absolute atomic E-state index is 0.238. The molecule has 0 aliphatic heterocycles. The van der Waals surface area contributed by atoms with Crippen molar-refractivity contribution in [2.24, 2.45) is 5.73 Å². The summed E-state index contributed by atoms with van der Waals surface area (Å²) < 4.78 is 0. The SMILES string of the molecule is Cc1ccc(Cl)c(NC(=O)[C@@H](C)N)c1. The van der Waals surface area contributed by atoms with E-state index in [1.54, 1.807) is 13.0 Å². The van der Waals surface area contributed by atoms with Crippen LogP contribution in [0.25, 0.3) is 0 Å². The van der Waals surface area contributed by atoms with Gasteiger partial charge in [0.25, 0.3) is 0 Å². The molecule has 0 unspecified atom stereocenters. The summed E-state index contributed by atoms with van der Waals surface area (Å²) in [5.41, 5.74) is 7.06. The zero-order chi connectivity index (χ0) is 10.7. The lowest BCUT2D eigenvalue weighted by molar-refractivity contribution is -0.117. The molecule has 0 radical (unpaired) electrons. The first-order chi connectivity index (χ1) is 6.50. The van der Waals surface area contributed by atoms with Crippen LogP contribution in [-0.2, 0) is 4.79 Å². The Morgan fingerprint density at radius 2 is 2.21 bits per heavy atom. The number of nitrogens with one attached hydrogen (secondary N) is 1. The van der Waals surface area contributed by atoms with Crippen LogP contribution in [-0.4, -0.2) is 11.9 Å². The molecule has 0 spiro atoms. The van der Waals surface area contributed by atoms with Crippen molar-refractivity contribution >= 4 is 23.2 Å². The largest absolute Gasteiger partial charge is 0.323 e. The van der Waals surface area contributed by atoms with Crippen LogP contribution in [0.3, 0.4) is 0 Å². The molecule has 0 fully saturated rings. The lowest BCUT2D eigenvalue weighted by Crippen LogP contribution is -2.32. The van der Waals surface area contributed by atoms with Crippen LogP contribution in [0.1, 0.15) is 12.5 Å². The van der Waals surface area contributed by atoms with E-state index in [-0.39, 0.29) is 5.91 Å². The van der Waals surface area contributed by atoms with E-state index in [0.717, 1.165) is 5.56 Å². The summed E-state index contributed by atoms with van der Waals surface area (Å²) in [4.78, 5) is 11.3. The molecule has 1 amide bonds. The van der Waals surface area contributed by atoms with E-state index in [2.05, 4.69) is 5.32 Å². The second-order valence-corrected chi connectivity index (χ2v) is 3.67. The second-order valence-electron chi connectivity index (χ2n) is 3.26. The van der Waals surface area contributed by atoms with E-state index in [9.17, 15) is 4.79 Å². The standard InChI is InChI=1S/C10H13ClN2O/c1-6-3-4-8(11)9(5-6)13-10(14)7(2)12/h3-5,7H,12H2,1-2H3,(H,13,14)/t7-/m1/s1. The van der Waals surface area contributed by atoms with Crippen LogP contribution in [0.15, 0.2) is 18.2 Å². The smallest absolute Gasteiger partial charge is 0.241 e. The molecular formula is C10H13ClN2O. The fourth-order valence-corrected chi connectivity index (χ4v) is 1.15. The van der Waals surface area contributed by atoms with Gasteiger partial charge in [0.15, 0.2) is 0 Å². The fraction of sp³-hybridized carbons (Fsp3) is 0.300. The maximum Gasteiger partial charge on any atom is 0.241 e. The number of anilines is 1. The zero-order valence-electron chi connectivity index (χ0n) is 8.17. The first-order valence-electron chi connectivity index (χ1n) is 4.33. The van der Waals surface area contributed by atoms with Crippen molar-refractivity contribution in [1.82, 2.24) is 0 Å². The Balaban J connectivity index is 2.86. The lowest BCUT2D eigenvalue weighted by atomic mass is 10.2. The summed E-state index contributed by atoms with van der Waals surface area (Å²) in [6.45, 7) is 3.55. The highest BCUT2D eigenvalue weighted by Gasteiger charge is 2.09. The van der Waals surface area contributed by atoms with Crippen LogP contribution < -0.4 is 11.1 Å². The summed E-state index contributed by atoms with van der Waals surface area (Å²) in [6.07, 6.45) is 0. The molecule has 76 valence electrons. The summed E-state index contributed by atoms with van der Waals surface area (Å²) in [7, 11) is 0. The number of aryl methyl sites for hydroxylation is 1.